The summed E-state index contributed by atoms with van der Waals surface area (Å²) in [6, 6.07) is 2.10. The van der Waals surface area contributed by atoms with Gasteiger partial charge in [0.25, 0.3) is 0 Å². The van der Waals surface area contributed by atoms with Crippen LogP contribution in [0.4, 0.5) is 10.6 Å². The Morgan fingerprint density at radius 3 is 2.77 bits per heavy atom. The van der Waals surface area contributed by atoms with Crippen molar-refractivity contribution in [2.75, 3.05) is 31.1 Å². The molecule has 2 amide bonds. The maximum Gasteiger partial charge on any atom is 0.412 e. The van der Waals surface area contributed by atoms with Crippen LogP contribution in [0.3, 0.4) is 0 Å². The van der Waals surface area contributed by atoms with Crippen molar-refractivity contribution in [2.45, 2.75) is 70.9 Å². The van der Waals surface area contributed by atoms with E-state index in [1.54, 1.807) is 6.20 Å². The molecule has 0 aromatic carbocycles. The topological polar surface area (TPSA) is 95.0 Å². The molecular weight excluding hydrogens is 396 g/mol. The van der Waals surface area contributed by atoms with Gasteiger partial charge in [0, 0.05) is 32.2 Å². The van der Waals surface area contributed by atoms with E-state index < -0.39 is 6.09 Å². The number of aryl methyl sites for hydroxylation is 1. The predicted octanol–water partition coefficient (Wildman–Crippen LogP) is 2.62. The van der Waals surface area contributed by atoms with Crippen LogP contribution in [0, 0.1) is 12.3 Å². The molecule has 0 bridgehead atoms. The second kappa shape index (κ2) is 9.02. The molecule has 1 atom stereocenters. The van der Waals surface area contributed by atoms with Gasteiger partial charge in [0.15, 0.2) is 5.75 Å². The third-order valence-electron chi connectivity index (χ3n) is 7.09. The smallest absolute Gasteiger partial charge is 0.409 e. The summed E-state index contributed by atoms with van der Waals surface area (Å²) in [6.07, 6.45) is 7.05. The minimum Gasteiger partial charge on any atom is -0.409 e. The number of anilines is 1. The van der Waals surface area contributed by atoms with Crippen molar-refractivity contribution in [1.82, 2.24) is 15.2 Å². The Morgan fingerprint density at radius 1 is 1.29 bits per heavy atom. The highest BCUT2D eigenvalue weighted by molar-refractivity contribution is 5.86. The Hall–Kier alpha value is -2.35. The quantitative estimate of drug-likeness (QED) is 0.763. The normalized spacial score (nSPS) is 28.8. The zero-order valence-corrected chi connectivity index (χ0v) is 18.6. The molecule has 1 spiro atoms. The molecule has 31 heavy (non-hydrogen) atoms. The lowest BCUT2D eigenvalue weighted by atomic mass is 9.78. The molecule has 2 aliphatic heterocycles. The Labute approximate surface area is 184 Å². The lowest BCUT2D eigenvalue weighted by Crippen LogP contribution is -2.50. The van der Waals surface area contributed by atoms with Crippen LogP contribution in [-0.4, -0.2) is 65.3 Å². The number of aliphatic hydroxyl groups is 1. The Bertz CT molecular complexity index is 824. The van der Waals surface area contributed by atoms with Gasteiger partial charge in [-0.1, -0.05) is 0 Å². The number of hydrogen-bond acceptors (Lipinski definition) is 6. The van der Waals surface area contributed by atoms with Crippen molar-refractivity contribution >= 4 is 17.8 Å². The van der Waals surface area contributed by atoms with Crippen molar-refractivity contribution < 1.29 is 19.4 Å². The average Bonchev–Trinajstić information content (AvgIpc) is 3.04. The second-order valence-corrected chi connectivity index (χ2v) is 9.25. The number of likely N-dealkylation sites (tertiary alicyclic amines) is 1. The minimum absolute atomic E-state index is 0.206. The summed E-state index contributed by atoms with van der Waals surface area (Å²) < 4.78 is 5.27. The number of hydrogen-bond donors (Lipinski definition) is 2. The summed E-state index contributed by atoms with van der Waals surface area (Å²) in [5.74, 6) is 1.56. The van der Waals surface area contributed by atoms with Crippen molar-refractivity contribution in [1.29, 1.82) is 0 Å². The van der Waals surface area contributed by atoms with Gasteiger partial charge in [-0.25, -0.2) is 9.78 Å². The summed E-state index contributed by atoms with van der Waals surface area (Å²) in [5, 5.41) is 12.4. The van der Waals surface area contributed by atoms with Gasteiger partial charge >= 0.3 is 6.09 Å². The van der Waals surface area contributed by atoms with E-state index in [2.05, 4.69) is 20.1 Å². The summed E-state index contributed by atoms with van der Waals surface area (Å²) in [4.78, 5) is 34.1. The number of aromatic nitrogens is 1. The van der Waals surface area contributed by atoms with E-state index in [0.717, 1.165) is 69.4 Å². The molecule has 0 radical (unpaired) electrons. The number of amides is 2. The number of carbonyl (C=O) groups is 2. The molecular formula is C23H34N4O4. The van der Waals surface area contributed by atoms with Gasteiger partial charge in [-0.15, -0.1) is 0 Å². The van der Waals surface area contributed by atoms with Crippen LogP contribution in [-0.2, 0) is 4.79 Å². The van der Waals surface area contributed by atoms with Crippen LogP contribution in [0.2, 0.25) is 0 Å². The Kier molecular flexibility index (Phi) is 6.36. The number of piperidine rings is 1. The third-order valence-corrected chi connectivity index (χ3v) is 7.09. The number of nitrogens with one attached hydrogen (secondary N) is 1. The fourth-order valence-corrected chi connectivity index (χ4v) is 5.47. The average molecular weight is 431 g/mol. The minimum atomic E-state index is -0.486. The van der Waals surface area contributed by atoms with E-state index in [1.165, 1.54) is 0 Å². The van der Waals surface area contributed by atoms with E-state index >= 15 is 0 Å². The van der Waals surface area contributed by atoms with Gasteiger partial charge in [-0.05, 0) is 70.4 Å². The van der Waals surface area contributed by atoms with Crippen LogP contribution in [0.15, 0.2) is 12.3 Å². The fourth-order valence-electron chi connectivity index (χ4n) is 5.47. The van der Waals surface area contributed by atoms with Crippen molar-refractivity contribution in [3.05, 3.63) is 17.8 Å². The predicted molar refractivity (Wildman–Crippen MR) is 117 cm³/mol. The first-order chi connectivity index (χ1) is 14.9. The third kappa shape index (κ3) is 4.49. The molecule has 8 nitrogen and oxygen atoms in total. The molecule has 8 heteroatoms. The number of rotatable bonds is 4. The molecule has 1 aromatic rings. The van der Waals surface area contributed by atoms with Crippen molar-refractivity contribution in [3.63, 3.8) is 0 Å². The molecule has 3 fully saturated rings. The van der Waals surface area contributed by atoms with Crippen LogP contribution in [0.25, 0.3) is 0 Å². The van der Waals surface area contributed by atoms with Gasteiger partial charge in [0.05, 0.1) is 17.7 Å². The van der Waals surface area contributed by atoms with Gasteiger partial charge in [-0.2, -0.15) is 0 Å². The van der Waals surface area contributed by atoms with E-state index in [1.807, 2.05) is 19.9 Å². The van der Waals surface area contributed by atoms with Gasteiger partial charge in [-0.3, -0.25) is 4.79 Å². The molecule has 2 saturated heterocycles. The van der Waals surface area contributed by atoms with Crippen LogP contribution in [0.5, 0.6) is 5.75 Å². The van der Waals surface area contributed by atoms with E-state index in [4.69, 9.17) is 4.74 Å². The molecule has 1 aromatic heterocycles. The number of carbonyl (C=O) groups excluding carboxylic acids is 2. The summed E-state index contributed by atoms with van der Waals surface area (Å²) >= 11 is 0. The number of pyridine rings is 1. The molecule has 3 heterocycles. The van der Waals surface area contributed by atoms with E-state index in [-0.39, 0.29) is 23.5 Å². The SMILES string of the molecule is CCNC(=O)Oc1cnc(N2CCCC3(CCN(C4CCC(O)CC4)C3=O)C2)c(C)c1. The largest absolute Gasteiger partial charge is 0.412 e. The summed E-state index contributed by atoms with van der Waals surface area (Å²) in [6.45, 7) is 6.68. The van der Waals surface area contributed by atoms with Gasteiger partial charge in [0.1, 0.15) is 5.82 Å². The highest BCUT2D eigenvalue weighted by Crippen LogP contribution is 2.43. The van der Waals surface area contributed by atoms with Crippen LogP contribution >= 0.6 is 0 Å². The molecule has 1 unspecified atom stereocenters. The standard InChI is InChI=1S/C23H34N4O4/c1-3-24-22(30)31-19-13-16(2)20(25-14-19)26-11-4-9-23(15-26)10-12-27(21(23)29)17-5-7-18(28)8-6-17/h13-14,17-18,28H,3-12,15H2,1-2H3,(H,24,30). The zero-order chi connectivity index (χ0) is 22.0. The first-order valence-electron chi connectivity index (χ1n) is 11.6. The molecule has 1 aliphatic carbocycles. The maximum absolute atomic E-state index is 13.5. The first-order valence-corrected chi connectivity index (χ1v) is 11.6. The molecule has 2 N–H and O–H groups in total. The summed E-state index contributed by atoms with van der Waals surface area (Å²) in [7, 11) is 0. The molecule has 1 saturated carbocycles. The Balaban J connectivity index is 1.45. The second-order valence-electron chi connectivity index (χ2n) is 9.25. The molecule has 3 aliphatic rings. The zero-order valence-electron chi connectivity index (χ0n) is 18.6. The maximum atomic E-state index is 13.5. The number of aliphatic hydroxyl groups excluding tert-OH is 1. The summed E-state index contributed by atoms with van der Waals surface area (Å²) in [5.41, 5.74) is 0.598. The number of ether oxygens (including phenoxy) is 1. The van der Waals surface area contributed by atoms with E-state index in [9.17, 15) is 14.7 Å². The van der Waals surface area contributed by atoms with Gasteiger partial charge < -0.3 is 25.0 Å². The van der Waals surface area contributed by atoms with Gasteiger partial charge in [0.2, 0.25) is 5.91 Å². The van der Waals surface area contributed by atoms with Crippen LogP contribution in [0.1, 0.15) is 57.4 Å². The highest BCUT2D eigenvalue weighted by Gasteiger charge is 2.50. The number of nitrogens with zero attached hydrogens (tertiary/aromatic N) is 3. The van der Waals surface area contributed by atoms with Crippen molar-refractivity contribution in [2.24, 2.45) is 5.41 Å². The first kappa shape index (κ1) is 21.9. The Morgan fingerprint density at radius 2 is 2.06 bits per heavy atom. The molecule has 170 valence electrons. The lowest BCUT2D eigenvalue weighted by Gasteiger charge is -2.41. The van der Waals surface area contributed by atoms with E-state index in [0.29, 0.717) is 18.8 Å². The highest BCUT2D eigenvalue weighted by atomic mass is 16.6. The monoisotopic (exact) mass is 430 g/mol. The molecule has 4 rings (SSSR count). The lowest BCUT2D eigenvalue weighted by molar-refractivity contribution is -0.139. The van der Waals surface area contributed by atoms with Crippen LogP contribution < -0.4 is 15.0 Å². The van der Waals surface area contributed by atoms with Crippen molar-refractivity contribution in [3.8, 4) is 5.75 Å². The fraction of sp³-hybridized carbons (Fsp3) is 0.696.